The number of tetrazole rings is 1. The number of hydrogen-bond donors (Lipinski definition) is 2. The summed E-state index contributed by atoms with van der Waals surface area (Å²) in [7, 11) is 0. The first-order valence-electron chi connectivity index (χ1n) is 7.15. The number of nitrogens with zero attached hydrogens (tertiary/aromatic N) is 5. The summed E-state index contributed by atoms with van der Waals surface area (Å²) in [5.41, 5.74) is 0.505. The van der Waals surface area contributed by atoms with Crippen LogP contribution in [0.3, 0.4) is 0 Å². The van der Waals surface area contributed by atoms with Crippen molar-refractivity contribution in [3.63, 3.8) is 0 Å². The number of aromatic amines is 1. The molecule has 0 saturated carbocycles. The summed E-state index contributed by atoms with van der Waals surface area (Å²) < 4.78 is 1.59. The second-order valence-electron chi connectivity index (χ2n) is 5.02. The third-order valence-corrected chi connectivity index (χ3v) is 4.65. The Morgan fingerprint density at radius 1 is 1.48 bits per heavy atom. The van der Waals surface area contributed by atoms with Crippen molar-refractivity contribution in [3.05, 3.63) is 27.1 Å². The monoisotopic (exact) mass is 333 g/mol. The lowest BCUT2D eigenvalue weighted by Gasteiger charge is -2.03. The highest BCUT2D eigenvalue weighted by atomic mass is 32.1. The van der Waals surface area contributed by atoms with Crippen molar-refractivity contribution in [1.82, 2.24) is 30.2 Å². The highest BCUT2D eigenvalue weighted by molar-refractivity contribution is 7.20. The van der Waals surface area contributed by atoms with Gasteiger partial charge in [0.05, 0.1) is 16.6 Å². The fourth-order valence-electron chi connectivity index (χ4n) is 2.24. The molecular weight excluding hydrogens is 318 g/mol. The van der Waals surface area contributed by atoms with Crippen LogP contribution in [0.2, 0.25) is 0 Å². The van der Waals surface area contributed by atoms with Gasteiger partial charge in [0.2, 0.25) is 0 Å². The average molecular weight is 333 g/mol. The van der Waals surface area contributed by atoms with Crippen molar-refractivity contribution >= 4 is 33.4 Å². The molecule has 0 aromatic carbocycles. The fourth-order valence-corrected chi connectivity index (χ4v) is 3.27. The third-order valence-electron chi connectivity index (χ3n) is 3.45. The van der Waals surface area contributed by atoms with E-state index in [-0.39, 0.29) is 17.4 Å². The molecule has 0 aliphatic heterocycles. The van der Waals surface area contributed by atoms with E-state index in [2.05, 4.69) is 37.8 Å². The molecule has 120 valence electrons. The van der Waals surface area contributed by atoms with Gasteiger partial charge >= 0.3 is 0 Å². The van der Waals surface area contributed by atoms with Crippen LogP contribution in [0.25, 0.3) is 10.2 Å². The Morgan fingerprint density at radius 3 is 3.00 bits per heavy atom. The van der Waals surface area contributed by atoms with Gasteiger partial charge in [-0.3, -0.25) is 19.5 Å². The molecule has 0 bridgehead atoms. The number of aryl methyl sites for hydroxylation is 2. The summed E-state index contributed by atoms with van der Waals surface area (Å²) in [5, 5.41) is 16.0. The summed E-state index contributed by atoms with van der Waals surface area (Å²) in [5.74, 6) is -0.299. The molecule has 0 aliphatic rings. The maximum atomic E-state index is 12.6. The van der Waals surface area contributed by atoms with Gasteiger partial charge in [0.25, 0.3) is 17.4 Å². The molecule has 3 heterocycles. The number of amides is 1. The maximum Gasteiger partial charge on any atom is 0.270 e. The SMILES string of the molecule is CCCCn1cnc2sc(C(=O)Nc3nn[nH]n3)c(C)c2c1=O. The quantitative estimate of drug-likeness (QED) is 0.727. The maximum absolute atomic E-state index is 12.6. The molecule has 1 amide bonds. The molecule has 0 radical (unpaired) electrons. The van der Waals surface area contributed by atoms with E-state index >= 15 is 0 Å². The largest absolute Gasteiger partial charge is 0.299 e. The molecule has 0 spiro atoms. The number of thiophene rings is 1. The van der Waals surface area contributed by atoms with Crippen molar-refractivity contribution in [1.29, 1.82) is 0 Å². The Morgan fingerprint density at radius 2 is 2.30 bits per heavy atom. The van der Waals surface area contributed by atoms with Gasteiger partial charge in [0, 0.05) is 6.54 Å². The van der Waals surface area contributed by atoms with E-state index in [1.165, 1.54) is 17.7 Å². The molecule has 3 aromatic rings. The number of anilines is 1. The van der Waals surface area contributed by atoms with Crippen LogP contribution in [0.1, 0.15) is 35.0 Å². The number of unbranched alkanes of at least 4 members (excludes halogenated alkanes) is 1. The van der Waals surface area contributed by atoms with Gasteiger partial charge in [-0.15, -0.1) is 16.4 Å². The van der Waals surface area contributed by atoms with Crippen molar-refractivity contribution in [3.8, 4) is 0 Å². The van der Waals surface area contributed by atoms with E-state index in [1.54, 1.807) is 11.5 Å². The van der Waals surface area contributed by atoms with Gasteiger partial charge < -0.3 is 0 Å². The molecule has 10 heteroatoms. The van der Waals surface area contributed by atoms with Gasteiger partial charge in [-0.05, 0) is 24.1 Å². The molecule has 0 fully saturated rings. The lowest BCUT2D eigenvalue weighted by molar-refractivity contribution is 0.102. The number of fused-ring (bicyclic) bond motifs is 1. The normalized spacial score (nSPS) is 11.0. The van der Waals surface area contributed by atoms with Crippen molar-refractivity contribution in [2.75, 3.05) is 5.32 Å². The number of H-pyrrole nitrogens is 1. The van der Waals surface area contributed by atoms with Gasteiger partial charge in [-0.1, -0.05) is 18.4 Å². The van der Waals surface area contributed by atoms with Gasteiger partial charge in [-0.2, -0.15) is 5.21 Å². The van der Waals surface area contributed by atoms with Gasteiger partial charge in [-0.25, -0.2) is 4.98 Å². The van der Waals surface area contributed by atoms with E-state index in [0.717, 1.165) is 12.8 Å². The van der Waals surface area contributed by atoms with E-state index in [4.69, 9.17) is 0 Å². The van der Waals surface area contributed by atoms with Gasteiger partial charge in [0.1, 0.15) is 4.83 Å². The minimum absolute atomic E-state index is 0.0835. The Hall–Kier alpha value is -2.62. The van der Waals surface area contributed by atoms with E-state index in [9.17, 15) is 9.59 Å². The molecule has 0 aliphatic carbocycles. The zero-order chi connectivity index (χ0) is 16.4. The topological polar surface area (TPSA) is 118 Å². The number of aromatic nitrogens is 6. The zero-order valence-corrected chi connectivity index (χ0v) is 13.5. The Labute approximate surface area is 134 Å². The molecule has 2 N–H and O–H groups in total. The first kappa shape index (κ1) is 15.3. The molecule has 3 rings (SSSR count). The average Bonchev–Trinajstić information content (AvgIpc) is 3.15. The number of carbonyl (C=O) groups excluding carboxylic acids is 1. The van der Waals surface area contributed by atoms with Crippen LogP contribution < -0.4 is 10.9 Å². The zero-order valence-electron chi connectivity index (χ0n) is 12.7. The third kappa shape index (κ3) is 2.84. The van der Waals surface area contributed by atoms with Crippen LogP contribution in [0.15, 0.2) is 11.1 Å². The van der Waals surface area contributed by atoms with Crippen LogP contribution >= 0.6 is 11.3 Å². The van der Waals surface area contributed by atoms with E-state index in [1.807, 2.05) is 0 Å². The van der Waals surface area contributed by atoms with Crippen LogP contribution in [0.4, 0.5) is 5.95 Å². The van der Waals surface area contributed by atoms with Crippen molar-refractivity contribution in [2.24, 2.45) is 0 Å². The molecule has 0 unspecified atom stereocenters. The summed E-state index contributed by atoms with van der Waals surface area (Å²) in [6.07, 6.45) is 3.43. The molecule has 23 heavy (non-hydrogen) atoms. The molecular formula is C13H15N7O2S. The second-order valence-corrected chi connectivity index (χ2v) is 6.02. The van der Waals surface area contributed by atoms with Gasteiger partial charge in [0.15, 0.2) is 0 Å². The molecule has 0 saturated heterocycles. The van der Waals surface area contributed by atoms with Crippen LogP contribution in [-0.2, 0) is 6.54 Å². The highest BCUT2D eigenvalue weighted by Crippen LogP contribution is 2.27. The first-order valence-corrected chi connectivity index (χ1v) is 7.96. The lowest BCUT2D eigenvalue weighted by atomic mass is 10.2. The summed E-state index contributed by atoms with van der Waals surface area (Å²) in [6, 6.07) is 0. The van der Waals surface area contributed by atoms with E-state index in [0.29, 0.717) is 27.2 Å². The predicted molar refractivity (Wildman–Crippen MR) is 85.7 cm³/mol. The Bertz CT molecular complexity index is 897. The molecule has 0 atom stereocenters. The first-order chi connectivity index (χ1) is 11.1. The summed E-state index contributed by atoms with van der Waals surface area (Å²) in [4.78, 5) is 30.2. The number of nitrogens with one attached hydrogen (secondary N) is 2. The lowest BCUT2D eigenvalue weighted by Crippen LogP contribution is -2.20. The van der Waals surface area contributed by atoms with E-state index < -0.39 is 0 Å². The summed E-state index contributed by atoms with van der Waals surface area (Å²) >= 11 is 1.18. The smallest absolute Gasteiger partial charge is 0.270 e. The predicted octanol–water partition coefficient (Wildman–Crippen LogP) is 1.33. The molecule has 3 aromatic heterocycles. The standard InChI is InChI=1S/C13H15N7O2S/c1-3-4-5-20-6-14-11-8(12(20)22)7(2)9(23-11)10(21)15-13-16-18-19-17-13/h6H,3-5H2,1-2H3,(H2,15,16,17,18,19,21). The van der Waals surface area contributed by atoms with Crippen LogP contribution in [0.5, 0.6) is 0 Å². The fraction of sp³-hybridized carbons (Fsp3) is 0.385. The number of carbonyl (C=O) groups is 1. The highest BCUT2D eigenvalue weighted by Gasteiger charge is 2.20. The van der Waals surface area contributed by atoms with Crippen molar-refractivity contribution < 1.29 is 4.79 Å². The van der Waals surface area contributed by atoms with Crippen LogP contribution in [-0.4, -0.2) is 36.1 Å². The Balaban J connectivity index is 1.99. The second kappa shape index (κ2) is 6.24. The Kier molecular flexibility index (Phi) is 4.15. The molecule has 9 nitrogen and oxygen atoms in total. The number of rotatable bonds is 5. The van der Waals surface area contributed by atoms with Crippen LogP contribution in [0, 0.1) is 6.92 Å². The minimum atomic E-state index is -0.383. The van der Waals surface area contributed by atoms with Crippen molar-refractivity contribution in [2.45, 2.75) is 33.2 Å². The minimum Gasteiger partial charge on any atom is -0.299 e. The number of hydrogen-bond acceptors (Lipinski definition) is 7. The summed E-state index contributed by atoms with van der Waals surface area (Å²) in [6.45, 7) is 4.43.